The predicted octanol–water partition coefficient (Wildman–Crippen LogP) is 5.78. The van der Waals surface area contributed by atoms with Crippen LogP contribution in [0.15, 0.2) is 77.0 Å². The van der Waals surface area contributed by atoms with Gasteiger partial charge in [0.15, 0.2) is 4.96 Å². The number of hydrogen-bond donors (Lipinski definition) is 0. The average Bonchev–Trinajstić information content (AvgIpc) is 3.36. The van der Waals surface area contributed by atoms with Crippen LogP contribution in [-0.4, -0.2) is 20.3 Å². The van der Waals surface area contributed by atoms with E-state index in [1.807, 2.05) is 42.5 Å². The second-order valence-corrected chi connectivity index (χ2v) is 10.0. The standard InChI is InChI=1S/C29H23N3O3S/c1-18-13-20(15-19-7-3-2-4-8-19)27-23(14-18)26(22-9-5-6-10-24(22)31-27)28(34)35-17-21-16-25(33)32-11-12-36-29(32)30-21/h2-12,15-16,18H,13-14,17H2,1H3. The minimum atomic E-state index is -0.425. The zero-order chi connectivity index (χ0) is 24.6. The smallest absolute Gasteiger partial charge is 0.339 e. The summed E-state index contributed by atoms with van der Waals surface area (Å²) in [5.74, 6) is -0.0730. The van der Waals surface area contributed by atoms with Gasteiger partial charge in [-0.05, 0) is 47.6 Å². The average molecular weight is 494 g/mol. The number of rotatable bonds is 4. The number of benzene rings is 2. The van der Waals surface area contributed by atoms with Gasteiger partial charge in [-0.2, -0.15) is 0 Å². The molecule has 0 saturated carbocycles. The first kappa shape index (κ1) is 22.4. The number of aromatic nitrogens is 3. The van der Waals surface area contributed by atoms with Crippen LogP contribution in [0.3, 0.4) is 0 Å². The molecule has 0 saturated heterocycles. The molecule has 7 heteroatoms. The maximum Gasteiger partial charge on any atom is 0.339 e. The summed E-state index contributed by atoms with van der Waals surface area (Å²) in [4.78, 5) is 36.0. The monoisotopic (exact) mass is 493 g/mol. The van der Waals surface area contributed by atoms with Crippen LogP contribution in [0.5, 0.6) is 0 Å². The number of carbonyl (C=O) groups excluding carboxylic acids is 1. The van der Waals surface area contributed by atoms with Gasteiger partial charge >= 0.3 is 5.97 Å². The molecule has 1 aliphatic rings. The number of pyridine rings is 1. The Kier molecular flexibility index (Phi) is 5.70. The lowest BCUT2D eigenvalue weighted by molar-refractivity contribution is 0.0468. The first-order valence-corrected chi connectivity index (χ1v) is 12.8. The van der Waals surface area contributed by atoms with Crippen LogP contribution < -0.4 is 5.56 Å². The van der Waals surface area contributed by atoms with Gasteiger partial charge in [-0.25, -0.2) is 14.8 Å². The number of nitrogens with zero attached hydrogens (tertiary/aromatic N) is 3. The van der Waals surface area contributed by atoms with Gasteiger partial charge in [0.05, 0.1) is 22.5 Å². The maximum absolute atomic E-state index is 13.6. The molecule has 6 rings (SSSR count). The topological polar surface area (TPSA) is 73.6 Å². The molecular weight excluding hydrogens is 470 g/mol. The summed E-state index contributed by atoms with van der Waals surface area (Å²) >= 11 is 1.36. The summed E-state index contributed by atoms with van der Waals surface area (Å²) in [6.07, 6.45) is 5.47. The van der Waals surface area contributed by atoms with Crippen molar-refractivity contribution in [3.63, 3.8) is 0 Å². The van der Waals surface area contributed by atoms with Gasteiger partial charge in [-0.1, -0.05) is 55.5 Å². The molecule has 3 aromatic heterocycles. The van der Waals surface area contributed by atoms with E-state index in [1.54, 1.807) is 11.6 Å². The van der Waals surface area contributed by atoms with Crippen LogP contribution in [0, 0.1) is 5.92 Å². The predicted molar refractivity (Wildman–Crippen MR) is 142 cm³/mol. The zero-order valence-electron chi connectivity index (χ0n) is 19.7. The number of allylic oxidation sites excluding steroid dienone is 1. The van der Waals surface area contributed by atoms with E-state index in [1.165, 1.54) is 21.8 Å². The summed E-state index contributed by atoms with van der Waals surface area (Å²) in [6.45, 7) is 2.12. The van der Waals surface area contributed by atoms with Crippen LogP contribution in [0.25, 0.3) is 27.5 Å². The van der Waals surface area contributed by atoms with Gasteiger partial charge in [0.25, 0.3) is 5.56 Å². The number of carbonyl (C=O) groups is 1. The number of ether oxygens (including phenoxy) is 1. The number of para-hydroxylation sites is 1. The Bertz CT molecular complexity index is 1700. The summed E-state index contributed by atoms with van der Waals surface area (Å²) in [7, 11) is 0. The maximum atomic E-state index is 13.6. The lowest BCUT2D eigenvalue weighted by Gasteiger charge is -2.26. The molecule has 2 aromatic carbocycles. The third kappa shape index (κ3) is 4.12. The summed E-state index contributed by atoms with van der Waals surface area (Å²) in [5, 5.41) is 2.58. The molecule has 5 aromatic rings. The van der Waals surface area contributed by atoms with Crippen LogP contribution in [0.4, 0.5) is 0 Å². The second-order valence-electron chi connectivity index (χ2n) is 9.14. The van der Waals surface area contributed by atoms with E-state index in [0.29, 0.717) is 22.1 Å². The first-order chi connectivity index (χ1) is 17.6. The molecule has 36 heavy (non-hydrogen) atoms. The van der Waals surface area contributed by atoms with Gasteiger partial charge in [0, 0.05) is 23.0 Å². The minimum absolute atomic E-state index is 0.0733. The van der Waals surface area contributed by atoms with E-state index >= 15 is 0 Å². The highest BCUT2D eigenvalue weighted by Gasteiger charge is 2.29. The van der Waals surface area contributed by atoms with E-state index in [9.17, 15) is 9.59 Å². The van der Waals surface area contributed by atoms with Crippen molar-refractivity contribution in [1.82, 2.24) is 14.4 Å². The van der Waals surface area contributed by atoms with Gasteiger partial charge in [0.2, 0.25) is 0 Å². The van der Waals surface area contributed by atoms with Crippen molar-refractivity contribution >= 4 is 44.8 Å². The Morgan fingerprint density at radius 2 is 1.92 bits per heavy atom. The Hall–Kier alpha value is -4.10. The molecule has 0 fully saturated rings. The van der Waals surface area contributed by atoms with Crippen molar-refractivity contribution in [3.8, 4) is 0 Å². The van der Waals surface area contributed by atoms with E-state index in [2.05, 4.69) is 30.1 Å². The van der Waals surface area contributed by atoms with Crippen molar-refractivity contribution in [2.75, 3.05) is 0 Å². The molecule has 0 radical (unpaired) electrons. The van der Waals surface area contributed by atoms with Crippen molar-refractivity contribution in [2.24, 2.45) is 5.92 Å². The highest BCUT2D eigenvalue weighted by atomic mass is 32.1. The molecule has 3 heterocycles. The van der Waals surface area contributed by atoms with E-state index in [0.717, 1.165) is 46.1 Å². The molecule has 178 valence electrons. The molecule has 1 aliphatic carbocycles. The first-order valence-electron chi connectivity index (χ1n) is 11.9. The molecule has 0 spiro atoms. The Morgan fingerprint density at radius 1 is 1.11 bits per heavy atom. The van der Waals surface area contributed by atoms with Gasteiger partial charge in [-0.3, -0.25) is 9.20 Å². The lowest BCUT2D eigenvalue weighted by atomic mass is 9.80. The Labute approximate surface area is 211 Å². The molecule has 0 N–H and O–H groups in total. The fourth-order valence-electron chi connectivity index (χ4n) is 4.89. The molecular formula is C29H23N3O3S. The van der Waals surface area contributed by atoms with Crippen LogP contribution in [-0.2, 0) is 17.8 Å². The van der Waals surface area contributed by atoms with Crippen LogP contribution in [0.1, 0.15) is 46.2 Å². The molecule has 0 aliphatic heterocycles. The van der Waals surface area contributed by atoms with E-state index in [4.69, 9.17) is 9.72 Å². The fourth-order valence-corrected chi connectivity index (χ4v) is 5.63. The van der Waals surface area contributed by atoms with Gasteiger partial charge < -0.3 is 4.74 Å². The summed E-state index contributed by atoms with van der Waals surface area (Å²) < 4.78 is 7.24. The third-order valence-electron chi connectivity index (χ3n) is 6.47. The summed E-state index contributed by atoms with van der Waals surface area (Å²) in [5.41, 5.74) is 5.55. The third-order valence-corrected chi connectivity index (χ3v) is 7.23. The second kappa shape index (κ2) is 9.17. The fraction of sp³-hybridized carbons (Fsp3) is 0.172. The Balaban J connectivity index is 1.42. The van der Waals surface area contributed by atoms with Crippen molar-refractivity contribution in [1.29, 1.82) is 0 Å². The van der Waals surface area contributed by atoms with Crippen LogP contribution >= 0.6 is 11.3 Å². The quantitative estimate of drug-likeness (QED) is 0.297. The largest absolute Gasteiger partial charge is 0.456 e. The number of esters is 1. The highest BCUT2D eigenvalue weighted by molar-refractivity contribution is 7.15. The van der Waals surface area contributed by atoms with E-state index in [-0.39, 0.29) is 12.2 Å². The number of thiazole rings is 1. The minimum Gasteiger partial charge on any atom is -0.456 e. The summed E-state index contributed by atoms with van der Waals surface area (Å²) in [6, 6.07) is 19.3. The highest BCUT2D eigenvalue weighted by Crippen LogP contribution is 2.38. The normalized spacial score (nSPS) is 16.4. The van der Waals surface area contributed by atoms with Gasteiger partial charge in [0.1, 0.15) is 6.61 Å². The molecule has 1 unspecified atom stereocenters. The van der Waals surface area contributed by atoms with Crippen molar-refractivity contribution < 1.29 is 9.53 Å². The molecule has 6 nitrogen and oxygen atoms in total. The number of fused-ring (bicyclic) bond motifs is 3. The molecule has 0 bridgehead atoms. The van der Waals surface area contributed by atoms with Crippen molar-refractivity contribution in [2.45, 2.75) is 26.4 Å². The SMILES string of the molecule is CC1CC(=Cc2ccccc2)c2nc3ccccc3c(C(=O)OCc3cc(=O)n4ccsc4n3)c2C1. The van der Waals surface area contributed by atoms with Crippen LogP contribution in [0.2, 0.25) is 0 Å². The lowest BCUT2D eigenvalue weighted by Crippen LogP contribution is -2.19. The van der Waals surface area contributed by atoms with E-state index < -0.39 is 5.97 Å². The van der Waals surface area contributed by atoms with Crippen molar-refractivity contribution in [3.05, 3.63) is 111 Å². The number of hydrogen-bond acceptors (Lipinski definition) is 6. The Morgan fingerprint density at radius 3 is 2.78 bits per heavy atom. The van der Waals surface area contributed by atoms with Gasteiger partial charge in [-0.15, -0.1) is 11.3 Å². The zero-order valence-corrected chi connectivity index (χ0v) is 20.5. The molecule has 0 amide bonds. The molecule has 1 atom stereocenters.